The summed E-state index contributed by atoms with van der Waals surface area (Å²) >= 11 is 0. The van der Waals surface area contributed by atoms with E-state index in [0.717, 1.165) is 24.0 Å². The van der Waals surface area contributed by atoms with Crippen LogP contribution in [0.5, 0.6) is 0 Å². The zero-order valence-electron chi connectivity index (χ0n) is 13.2. The van der Waals surface area contributed by atoms with Crippen LogP contribution in [0.3, 0.4) is 0 Å². The molecular formula is C19H18O4. The number of esters is 1. The van der Waals surface area contributed by atoms with Gasteiger partial charge in [-0.2, -0.15) is 0 Å². The van der Waals surface area contributed by atoms with E-state index in [1.54, 1.807) is 12.1 Å². The minimum atomic E-state index is -0.444. The van der Waals surface area contributed by atoms with Gasteiger partial charge in [-0.15, -0.1) is 0 Å². The summed E-state index contributed by atoms with van der Waals surface area (Å²) in [5.41, 5.74) is 4.19. The van der Waals surface area contributed by atoms with E-state index in [9.17, 15) is 9.59 Å². The van der Waals surface area contributed by atoms with Crippen molar-refractivity contribution in [1.82, 2.24) is 0 Å². The van der Waals surface area contributed by atoms with Gasteiger partial charge >= 0.3 is 5.97 Å². The molecular weight excluding hydrogens is 292 g/mol. The van der Waals surface area contributed by atoms with E-state index in [2.05, 4.69) is 6.92 Å². The number of carbonyl (C=O) groups is 1. The van der Waals surface area contributed by atoms with Crippen molar-refractivity contribution in [2.24, 2.45) is 17.3 Å². The third-order valence-corrected chi connectivity index (χ3v) is 7.36. The second-order valence-corrected chi connectivity index (χ2v) is 8.00. The van der Waals surface area contributed by atoms with E-state index < -0.39 is 5.41 Å². The Morgan fingerprint density at radius 1 is 1.17 bits per heavy atom. The molecule has 7 atom stereocenters. The van der Waals surface area contributed by atoms with Crippen LogP contribution in [0, 0.1) is 24.2 Å². The molecule has 4 nitrogen and oxygen atoms in total. The Morgan fingerprint density at radius 2 is 2.00 bits per heavy atom. The third kappa shape index (κ3) is 1.11. The first-order chi connectivity index (χ1) is 11.0. The Kier molecular flexibility index (Phi) is 1.95. The maximum Gasteiger partial charge on any atom is 0.313 e. The molecule has 0 amide bonds. The van der Waals surface area contributed by atoms with Crippen LogP contribution in [-0.2, 0) is 20.7 Å². The van der Waals surface area contributed by atoms with Gasteiger partial charge in [-0.1, -0.05) is 6.92 Å². The maximum absolute atomic E-state index is 12.9. The van der Waals surface area contributed by atoms with Gasteiger partial charge < -0.3 is 9.47 Å². The number of ether oxygens (including phenoxy) is 2. The molecule has 4 heteroatoms. The molecule has 3 saturated heterocycles. The van der Waals surface area contributed by atoms with Crippen LogP contribution in [0.15, 0.2) is 16.9 Å². The molecule has 6 aliphatic rings. The maximum atomic E-state index is 12.9. The van der Waals surface area contributed by atoms with Crippen LogP contribution in [0.4, 0.5) is 0 Å². The fourth-order valence-electron chi connectivity index (χ4n) is 6.56. The molecule has 7 rings (SSSR count). The van der Waals surface area contributed by atoms with Crippen LogP contribution >= 0.6 is 0 Å². The lowest BCUT2D eigenvalue weighted by molar-refractivity contribution is -0.215. The van der Waals surface area contributed by atoms with Crippen LogP contribution in [0.2, 0.25) is 0 Å². The molecule has 23 heavy (non-hydrogen) atoms. The molecule has 1 aromatic carbocycles. The van der Waals surface area contributed by atoms with Gasteiger partial charge in [0.2, 0.25) is 0 Å². The van der Waals surface area contributed by atoms with E-state index in [0.29, 0.717) is 0 Å². The molecule has 1 saturated carbocycles. The van der Waals surface area contributed by atoms with Crippen molar-refractivity contribution in [3.05, 3.63) is 44.6 Å². The predicted octanol–water partition coefficient (Wildman–Crippen LogP) is 2.02. The lowest BCUT2D eigenvalue weighted by Gasteiger charge is -2.57. The molecule has 1 spiro atoms. The Hall–Kier alpha value is -1.68. The SMILES string of the molecule is Cc1cc(=O)cc2c3c1[C@@H]1O[C@H]4[C@@H]5OC(=O)C(CC2)([C@@H]4C)[C@H]3[C@@H]51. The molecule has 3 aliphatic heterocycles. The normalized spacial score (nSPS) is 47.0. The number of hydrogen-bond donors (Lipinski definition) is 0. The first-order valence-electron chi connectivity index (χ1n) is 8.58. The molecule has 118 valence electrons. The van der Waals surface area contributed by atoms with Crippen LogP contribution in [0.25, 0.3) is 0 Å². The molecule has 0 radical (unpaired) electrons. The van der Waals surface area contributed by atoms with Crippen LogP contribution < -0.4 is 5.43 Å². The monoisotopic (exact) mass is 310 g/mol. The summed E-state index contributed by atoms with van der Waals surface area (Å²) < 4.78 is 12.3. The van der Waals surface area contributed by atoms with Crippen molar-refractivity contribution >= 4 is 5.97 Å². The fraction of sp³-hybridized carbons (Fsp3) is 0.579. The third-order valence-electron chi connectivity index (χ3n) is 7.36. The zero-order valence-corrected chi connectivity index (χ0v) is 13.2. The number of aryl methyl sites for hydroxylation is 2. The first-order valence-corrected chi connectivity index (χ1v) is 8.58. The second-order valence-electron chi connectivity index (χ2n) is 8.00. The Balaban J connectivity index is 1.78. The number of hydrogen-bond acceptors (Lipinski definition) is 4. The highest BCUT2D eigenvalue weighted by Crippen LogP contribution is 2.73. The van der Waals surface area contributed by atoms with Gasteiger partial charge in [0.15, 0.2) is 5.43 Å². The average Bonchev–Trinajstić information content (AvgIpc) is 2.95. The summed E-state index contributed by atoms with van der Waals surface area (Å²) in [6.45, 7) is 4.17. The van der Waals surface area contributed by atoms with Crippen LogP contribution in [-0.4, -0.2) is 18.2 Å². The lowest BCUT2D eigenvalue weighted by Crippen LogP contribution is -2.64. The molecule has 4 bridgehead atoms. The average molecular weight is 310 g/mol. The summed E-state index contributed by atoms with van der Waals surface area (Å²) in [5.74, 6) is 0.594. The van der Waals surface area contributed by atoms with Gasteiger partial charge in [0.05, 0.1) is 17.6 Å². The summed E-state index contributed by atoms with van der Waals surface area (Å²) in [6.07, 6.45) is 1.47. The Morgan fingerprint density at radius 3 is 2.83 bits per heavy atom. The minimum absolute atomic E-state index is 0.00826. The predicted molar refractivity (Wildman–Crippen MR) is 81.1 cm³/mol. The van der Waals surface area contributed by atoms with E-state index in [-0.39, 0.29) is 47.5 Å². The van der Waals surface area contributed by atoms with Gasteiger partial charge in [0, 0.05) is 17.8 Å². The molecule has 1 unspecified atom stereocenters. The number of rotatable bonds is 0. The summed E-state index contributed by atoms with van der Waals surface area (Å²) in [4.78, 5) is 25.0. The van der Waals surface area contributed by atoms with E-state index in [1.165, 1.54) is 11.1 Å². The topological polar surface area (TPSA) is 52.6 Å². The molecule has 1 aromatic rings. The summed E-state index contributed by atoms with van der Waals surface area (Å²) in [5, 5.41) is 0. The van der Waals surface area contributed by atoms with Gasteiger partial charge in [0.1, 0.15) is 6.10 Å². The van der Waals surface area contributed by atoms with Crippen molar-refractivity contribution < 1.29 is 14.3 Å². The quantitative estimate of drug-likeness (QED) is 0.688. The van der Waals surface area contributed by atoms with Crippen molar-refractivity contribution in [3.63, 3.8) is 0 Å². The molecule has 0 N–H and O–H groups in total. The minimum Gasteiger partial charge on any atom is -0.459 e. The fourth-order valence-corrected chi connectivity index (χ4v) is 6.56. The largest absolute Gasteiger partial charge is 0.459 e. The highest BCUT2D eigenvalue weighted by molar-refractivity contribution is 5.83. The Bertz CT molecular complexity index is 859. The standard InChI is InChI=1S/C19H18O4/c1-7-5-10(20)6-9-3-4-19-8(2)15-17(23-18(19)21)13-14(19)12(9)11(7)16(13)22-15/h5-6,8,13-17H,3-4H2,1-2H3/t8-,13-,14-,15-,16+,17-,19?/m1/s1. The first kappa shape index (κ1) is 12.7. The highest BCUT2D eigenvalue weighted by Gasteiger charge is 2.76. The smallest absolute Gasteiger partial charge is 0.313 e. The summed E-state index contributed by atoms with van der Waals surface area (Å²) in [7, 11) is 0. The van der Waals surface area contributed by atoms with E-state index >= 15 is 0 Å². The van der Waals surface area contributed by atoms with Crippen molar-refractivity contribution in [1.29, 1.82) is 0 Å². The zero-order chi connectivity index (χ0) is 15.7. The number of carbonyl (C=O) groups excluding carboxylic acids is 1. The lowest BCUT2D eigenvalue weighted by atomic mass is 9.50. The van der Waals surface area contributed by atoms with Gasteiger partial charge in [-0.25, -0.2) is 0 Å². The highest BCUT2D eigenvalue weighted by atomic mass is 16.6. The molecule has 0 aromatic heterocycles. The van der Waals surface area contributed by atoms with Crippen molar-refractivity contribution in [3.8, 4) is 0 Å². The Labute approximate surface area is 133 Å². The van der Waals surface area contributed by atoms with Gasteiger partial charge in [-0.05, 0) is 54.2 Å². The molecule has 3 heterocycles. The number of fused-ring (bicyclic) bond motifs is 2. The van der Waals surface area contributed by atoms with Crippen molar-refractivity contribution in [2.75, 3.05) is 0 Å². The van der Waals surface area contributed by atoms with E-state index in [1.807, 2.05) is 6.92 Å². The van der Waals surface area contributed by atoms with Gasteiger partial charge in [0.25, 0.3) is 0 Å². The second kappa shape index (κ2) is 3.54. The molecule has 3 aliphatic carbocycles. The summed E-state index contributed by atoms with van der Waals surface area (Å²) in [6, 6.07) is 3.52. The van der Waals surface area contributed by atoms with Crippen LogP contribution in [0.1, 0.15) is 47.6 Å². The molecule has 4 fully saturated rings. The van der Waals surface area contributed by atoms with E-state index in [4.69, 9.17) is 9.47 Å². The van der Waals surface area contributed by atoms with Gasteiger partial charge in [-0.3, -0.25) is 9.59 Å². The van der Waals surface area contributed by atoms with Crippen molar-refractivity contribution in [2.45, 2.75) is 50.9 Å².